The van der Waals surface area contributed by atoms with Gasteiger partial charge in [0.1, 0.15) is 0 Å². The number of hydrogen-bond acceptors (Lipinski definition) is 3. The van der Waals surface area contributed by atoms with Crippen molar-refractivity contribution in [1.29, 1.82) is 0 Å². The van der Waals surface area contributed by atoms with Crippen LogP contribution in [0.3, 0.4) is 0 Å². The number of hydrogen-bond donors (Lipinski definition) is 2. The maximum atomic E-state index is 11.3. The number of rotatable bonds is 9. The summed E-state index contributed by atoms with van der Waals surface area (Å²) >= 11 is 1.86. The van der Waals surface area contributed by atoms with Crippen molar-refractivity contribution in [3.8, 4) is 0 Å². The van der Waals surface area contributed by atoms with Crippen molar-refractivity contribution >= 4 is 17.7 Å². The summed E-state index contributed by atoms with van der Waals surface area (Å²) in [6.45, 7) is 2.32. The van der Waals surface area contributed by atoms with Crippen LogP contribution in [0, 0.1) is 5.92 Å². The van der Waals surface area contributed by atoms with E-state index in [-0.39, 0.29) is 5.91 Å². The van der Waals surface area contributed by atoms with Gasteiger partial charge in [-0.15, -0.1) is 0 Å². The van der Waals surface area contributed by atoms with E-state index < -0.39 is 0 Å². The summed E-state index contributed by atoms with van der Waals surface area (Å²) in [6.07, 6.45) is 7.07. The molecule has 0 aromatic rings. The van der Waals surface area contributed by atoms with Gasteiger partial charge in [-0.05, 0) is 50.2 Å². The number of thioether (sulfide) groups is 1. The second kappa shape index (κ2) is 7.99. The minimum atomic E-state index is 0.139. The molecule has 3 nitrogen and oxygen atoms in total. The highest BCUT2D eigenvalue weighted by atomic mass is 32.2. The molecule has 4 heteroatoms. The van der Waals surface area contributed by atoms with Crippen molar-refractivity contribution < 1.29 is 4.79 Å². The molecular formula is C11H22N2OS. The number of carbonyl (C=O) groups is 1. The molecule has 0 saturated heterocycles. The summed E-state index contributed by atoms with van der Waals surface area (Å²) < 4.78 is 0. The third-order valence-electron chi connectivity index (χ3n) is 2.51. The highest BCUT2D eigenvalue weighted by Crippen LogP contribution is 2.27. The SMILES string of the molecule is CSCCCCNC(=O)CNCC1CC1. The van der Waals surface area contributed by atoms with E-state index in [1.165, 1.54) is 25.0 Å². The number of nitrogens with one attached hydrogen (secondary N) is 2. The molecule has 0 aromatic carbocycles. The number of carbonyl (C=O) groups excluding carboxylic acids is 1. The van der Waals surface area contributed by atoms with E-state index in [4.69, 9.17) is 0 Å². The van der Waals surface area contributed by atoms with Crippen molar-refractivity contribution in [2.45, 2.75) is 25.7 Å². The molecule has 1 fully saturated rings. The second-order valence-corrected chi connectivity index (χ2v) is 5.11. The van der Waals surface area contributed by atoms with E-state index >= 15 is 0 Å². The predicted octanol–water partition coefficient (Wildman–Crippen LogP) is 1.25. The Balaban J connectivity index is 1.80. The molecule has 2 N–H and O–H groups in total. The zero-order valence-corrected chi connectivity index (χ0v) is 10.4. The second-order valence-electron chi connectivity index (χ2n) is 4.12. The summed E-state index contributed by atoms with van der Waals surface area (Å²) in [4.78, 5) is 11.3. The van der Waals surface area contributed by atoms with Crippen LogP contribution in [-0.4, -0.2) is 37.6 Å². The van der Waals surface area contributed by atoms with Gasteiger partial charge >= 0.3 is 0 Å². The van der Waals surface area contributed by atoms with Crippen molar-refractivity contribution in [2.24, 2.45) is 5.92 Å². The van der Waals surface area contributed by atoms with Crippen LogP contribution in [0.25, 0.3) is 0 Å². The Hall–Kier alpha value is -0.220. The molecule has 0 aliphatic heterocycles. The van der Waals surface area contributed by atoms with Crippen molar-refractivity contribution in [1.82, 2.24) is 10.6 Å². The van der Waals surface area contributed by atoms with Crippen LogP contribution in [0.15, 0.2) is 0 Å². The summed E-state index contributed by atoms with van der Waals surface area (Å²) in [5.74, 6) is 2.18. The average molecular weight is 230 g/mol. The number of unbranched alkanes of at least 4 members (excludes halogenated alkanes) is 1. The normalized spacial score (nSPS) is 15.3. The smallest absolute Gasteiger partial charge is 0.233 e. The van der Waals surface area contributed by atoms with E-state index in [2.05, 4.69) is 16.9 Å². The van der Waals surface area contributed by atoms with E-state index in [9.17, 15) is 4.79 Å². The molecule has 0 unspecified atom stereocenters. The fraction of sp³-hybridized carbons (Fsp3) is 0.909. The van der Waals surface area contributed by atoms with Gasteiger partial charge in [0.05, 0.1) is 6.54 Å². The van der Waals surface area contributed by atoms with Crippen molar-refractivity contribution in [3.63, 3.8) is 0 Å². The summed E-state index contributed by atoms with van der Waals surface area (Å²) in [7, 11) is 0. The Morgan fingerprint density at radius 2 is 2.20 bits per heavy atom. The Labute approximate surface area is 96.8 Å². The molecule has 0 aromatic heterocycles. The van der Waals surface area contributed by atoms with Crippen LogP contribution in [0.5, 0.6) is 0 Å². The maximum absolute atomic E-state index is 11.3. The van der Waals surface area contributed by atoms with Gasteiger partial charge in [0, 0.05) is 6.54 Å². The molecule has 1 aliphatic rings. The zero-order chi connectivity index (χ0) is 10.9. The third-order valence-corrected chi connectivity index (χ3v) is 3.21. The molecule has 0 bridgehead atoms. The standard InChI is InChI=1S/C11H22N2OS/c1-15-7-3-2-6-13-11(14)9-12-8-10-4-5-10/h10,12H,2-9H2,1H3,(H,13,14). The largest absolute Gasteiger partial charge is 0.355 e. The molecule has 0 spiro atoms. The van der Waals surface area contributed by atoms with Gasteiger partial charge in [-0.2, -0.15) is 11.8 Å². The van der Waals surface area contributed by atoms with Crippen LogP contribution < -0.4 is 10.6 Å². The van der Waals surface area contributed by atoms with E-state index in [1.807, 2.05) is 11.8 Å². The highest BCUT2D eigenvalue weighted by molar-refractivity contribution is 7.98. The van der Waals surface area contributed by atoms with E-state index in [0.29, 0.717) is 6.54 Å². The summed E-state index contributed by atoms with van der Waals surface area (Å²) in [5.41, 5.74) is 0. The predicted molar refractivity (Wildman–Crippen MR) is 66.2 cm³/mol. The lowest BCUT2D eigenvalue weighted by Gasteiger charge is -2.05. The molecular weight excluding hydrogens is 208 g/mol. The monoisotopic (exact) mass is 230 g/mol. The highest BCUT2D eigenvalue weighted by Gasteiger charge is 2.20. The van der Waals surface area contributed by atoms with Gasteiger partial charge in [-0.25, -0.2) is 0 Å². The molecule has 1 aliphatic carbocycles. The maximum Gasteiger partial charge on any atom is 0.233 e. The summed E-state index contributed by atoms with van der Waals surface area (Å²) in [6, 6.07) is 0. The van der Waals surface area contributed by atoms with Gasteiger partial charge in [0.2, 0.25) is 5.91 Å². The third kappa shape index (κ3) is 7.68. The minimum Gasteiger partial charge on any atom is -0.355 e. The Morgan fingerprint density at radius 3 is 2.87 bits per heavy atom. The first-order valence-electron chi connectivity index (χ1n) is 5.79. The van der Waals surface area contributed by atoms with E-state index in [0.717, 1.165) is 25.4 Å². The Kier molecular flexibility index (Phi) is 6.85. The van der Waals surface area contributed by atoms with Gasteiger partial charge in [0.15, 0.2) is 0 Å². The molecule has 88 valence electrons. The van der Waals surface area contributed by atoms with Crippen molar-refractivity contribution in [3.05, 3.63) is 0 Å². The quantitative estimate of drug-likeness (QED) is 0.586. The Morgan fingerprint density at radius 1 is 1.40 bits per heavy atom. The molecule has 1 rings (SSSR count). The van der Waals surface area contributed by atoms with Gasteiger partial charge in [-0.1, -0.05) is 0 Å². The van der Waals surface area contributed by atoms with E-state index in [1.54, 1.807) is 0 Å². The summed E-state index contributed by atoms with van der Waals surface area (Å²) in [5, 5.41) is 6.11. The van der Waals surface area contributed by atoms with Gasteiger partial charge in [-0.3, -0.25) is 4.79 Å². The Bertz CT molecular complexity index is 183. The molecule has 1 saturated carbocycles. The molecule has 1 amide bonds. The molecule has 15 heavy (non-hydrogen) atoms. The average Bonchev–Trinajstić information content (AvgIpc) is 3.01. The van der Waals surface area contributed by atoms with Gasteiger partial charge in [0.25, 0.3) is 0 Å². The molecule has 0 atom stereocenters. The zero-order valence-electron chi connectivity index (χ0n) is 9.55. The first kappa shape index (κ1) is 12.8. The van der Waals surface area contributed by atoms with Crippen molar-refractivity contribution in [2.75, 3.05) is 31.6 Å². The fourth-order valence-electron chi connectivity index (χ4n) is 1.37. The van der Waals surface area contributed by atoms with Crippen LogP contribution in [0.2, 0.25) is 0 Å². The first-order chi connectivity index (χ1) is 7.33. The minimum absolute atomic E-state index is 0.139. The number of amides is 1. The van der Waals surface area contributed by atoms with Crippen LogP contribution >= 0.6 is 11.8 Å². The van der Waals surface area contributed by atoms with Gasteiger partial charge < -0.3 is 10.6 Å². The van der Waals surface area contributed by atoms with Crippen LogP contribution in [0.4, 0.5) is 0 Å². The van der Waals surface area contributed by atoms with Crippen LogP contribution in [0.1, 0.15) is 25.7 Å². The topological polar surface area (TPSA) is 41.1 Å². The lowest BCUT2D eigenvalue weighted by Crippen LogP contribution is -2.35. The first-order valence-corrected chi connectivity index (χ1v) is 7.18. The lowest BCUT2D eigenvalue weighted by molar-refractivity contribution is -0.120. The molecule has 0 radical (unpaired) electrons. The molecule has 0 heterocycles. The fourth-order valence-corrected chi connectivity index (χ4v) is 1.87. The lowest BCUT2D eigenvalue weighted by atomic mass is 10.3. The van der Waals surface area contributed by atoms with Crippen LogP contribution in [-0.2, 0) is 4.79 Å².